The number of nitrogens with zero attached hydrogens (tertiary/aromatic N) is 5. The summed E-state index contributed by atoms with van der Waals surface area (Å²) in [5.41, 5.74) is 3.72. The van der Waals surface area contributed by atoms with Crippen LogP contribution in [0.15, 0.2) is 29.6 Å². The lowest BCUT2D eigenvalue weighted by Crippen LogP contribution is -2.29. The number of ether oxygens (including phenoxy) is 1. The maximum Gasteiger partial charge on any atom is 0.229 e. The van der Waals surface area contributed by atoms with Crippen molar-refractivity contribution in [3.63, 3.8) is 0 Å². The second kappa shape index (κ2) is 10.3. The first-order valence-electron chi connectivity index (χ1n) is 12.9. The zero-order valence-electron chi connectivity index (χ0n) is 22.3. The molecule has 2 aliphatic rings. The Morgan fingerprint density at radius 1 is 1.13 bits per heavy atom. The van der Waals surface area contributed by atoms with Crippen molar-refractivity contribution in [1.82, 2.24) is 24.6 Å². The quantitative estimate of drug-likeness (QED) is 0.426. The molecule has 12 heteroatoms. The Kier molecular flexibility index (Phi) is 7.27. The highest BCUT2D eigenvalue weighted by atomic mass is 35.5. The van der Waals surface area contributed by atoms with Crippen molar-refractivity contribution < 1.29 is 13.2 Å². The van der Waals surface area contributed by atoms with Crippen molar-refractivity contribution in [2.45, 2.75) is 62.3 Å². The molecule has 10 nitrogen and oxygen atoms in total. The molecule has 204 valence electrons. The van der Waals surface area contributed by atoms with Gasteiger partial charge in [-0.1, -0.05) is 17.7 Å². The van der Waals surface area contributed by atoms with Gasteiger partial charge in [-0.25, -0.2) is 13.4 Å². The Morgan fingerprint density at radius 2 is 1.87 bits per heavy atom. The van der Waals surface area contributed by atoms with Crippen LogP contribution in [0.1, 0.15) is 50.7 Å². The zero-order valence-corrected chi connectivity index (χ0v) is 23.9. The van der Waals surface area contributed by atoms with Crippen LogP contribution in [0.25, 0.3) is 0 Å². The molecule has 2 aromatic heterocycles. The molecular formula is C26H34ClN7O3S. The summed E-state index contributed by atoms with van der Waals surface area (Å²) in [7, 11) is 0.213. The number of piperidine rings is 1. The van der Waals surface area contributed by atoms with Gasteiger partial charge in [-0.15, -0.1) is 0 Å². The van der Waals surface area contributed by atoms with Gasteiger partial charge in [-0.2, -0.15) is 10.1 Å². The normalized spacial score (nSPS) is 18.4. The molecule has 0 radical (unpaired) electrons. The third-order valence-corrected chi connectivity index (χ3v) is 9.55. The summed E-state index contributed by atoms with van der Waals surface area (Å²) in [4.78, 5) is 11.3. The summed E-state index contributed by atoms with van der Waals surface area (Å²) in [6, 6.07) is 4.23. The summed E-state index contributed by atoms with van der Waals surface area (Å²) in [6.07, 6.45) is 6.31. The van der Waals surface area contributed by atoms with E-state index in [2.05, 4.69) is 50.6 Å². The lowest BCUT2D eigenvalue weighted by Gasteiger charge is -2.30. The Bertz CT molecular complexity index is 1450. The molecule has 0 bridgehead atoms. The largest absolute Gasteiger partial charge is 0.488 e. The van der Waals surface area contributed by atoms with Crippen LogP contribution in [0, 0.1) is 0 Å². The number of hydrogen-bond donors (Lipinski definition) is 2. The lowest BCUT2D eigenvalue weighted by molar-refractivity contribution is 0.254. The lowest BCUT2D eigenvalue weighted by atomic mass is 9.85. The van der Waals surface area contributed by atoms with Crippen LogP contribution in [0.3, 0.4) is 0 Å². The van der Waals surface area contributed by atoms with Crippen molar-refractivity contribution in [3.8, 4) is 5.75 Å². The Morgan fingerprint density at radius 3 is 2.58 bits per heavy atom. The molecule has 0 unspecified atom stereocenters. The number of nitrogens with one attached hydrogen (secondary N) is 2. The van der Waals surface area contributed by atoms with Crippen molar-refractivity contribution in [2.75, 3.05) is 30.8 Å². The van der Waals surface area contributed by atoms with Crippen LogP contribution in [0.2, 0.25) is 5.02 Å². The molecule has 2 aliphatic heterocycles. The van der Waals surface area contributed by atoms with Crippen molar-refractivity contribution in [1.29, 1.82) is 0 Å². The van der Waals surface area contributed by atoms with Gasteiger partial charge < -0.3 is 20.3 Å². The molecule has 0 spiro atoms. The van der Waals surface area contributed by atoms with Gasteiger partial charge in [0.1, 0.15) is 16.9 Å². The van der Waals surface area contributed by atoms with Crippen molar-refractivity contribution >= 4 is 44.6 Å². The second-order valence-electron chi connectivity index (χ2n) is 10.5. The summed E-state index contributed by atoms with van der Waals surface area (Å²) < 4.78 is 33.4. The number of hydrogen-bond acceptors (Lipinski definition) is 9. The first-order chi connectivity index (χ1) is 18.0. The Balaban J connectivity index is 1.43. The van der Waals surface area contributed by atoms with E-state index in [0.29, 0.717) is 17.6 Å². The van der Waals surface area contributed by atoms with E-state index in [0.717, 1.165) is 43.8 Å². The van der Waals surface area contributed by atoms with Crippen LogP contribution >= 0.6 is 11.6 Å². The molecular weight excluding hydrogens is 526 g/mol. The third kappa shape index (κ3) is 5.19. The van der Waals surface area contributed by atoms with Crippen LogP contribution in [-0.4, -0.2) is 64.6 Å². The highest BCUT2D eigenvalue weighted by Gasteiger charge is 2.30. The molecule has 0 saturated carbocycles. The highest BCUT2D eigenvalue weighted by molar-refractivity contribution is 7.92. The molecule has 1 aromatic carbocycles. The number of aromatic nitrogens is 4. The molecule has 1 fully saturated rings. The van der Waals surface area contributed by atoms with Gasteiger partial charge in [0.2, 0.25) is 20.8 Å². The summed E-state index contributed by atoms with van der Waals surface area (Å²) in [6.45, 7) is 7.52. The number of halogens is 1. The van der Waals surface area contributed by atoms with E-state index >= 15 is 0 Å². The number of benzene rings is 1. The van der Waals surface area contributed by atoms with Crippen LogP contribution in [0.4, 0.5) is 23.1 Å². The Labute approximate surface area is 228 Å². The van der Waals surface area contributed by atoms with Gasteiger partial charge >= 0.3 is 0 Å². The van der Waals surface area contributed by atoms with Crippen LogP contribution in [-0.2, 0) is 23.3 Å². The van der Waals surface area contributed by atoms with Crippen molar-refractivity contribution in [2.24, 2.45) is 7.05 Å². The second-order valence-corrected chi connectivity index (χ2v) is 13.3. The smallest absolute Gasteiger partial charge is 0.229 e. The van der Waals surface area contributed by atoms with Crippen LogP contribution in [0.5, 0.6) is 5.75 Å². The maximum atomic E-state index is 12.8. The first kappa shape index (κ1) is 26.7. The average Bonchev–Trinajstić information content (AvgIpc) is 3.44. The third-order valence-electron chi connectivity index (χ3n) is 7.19. The molecule has 38 heavy (non-hydrogen) atoms. The molecule has 4 heterocycles. The molecule has 1 saturated heterocycles. The van der Waals surface area contributed by atoms with E-state index in [4.69, 9.17) is 16.3 Å². The Hall–Kier alpha value is -2.89. The van der Waals surface area contributed by atoms with E-state index in [9.17, 15) is 8.42 Å². The summed E-state index contributed by atoms with van der Waals surface area (Å²) >= 11 is 6.39. The van der Waals surface area contributed by atoms with E-state index < -0.39 is 15.1 Å². The van der Waals surface area contributed by atoms with Crippen molar-refractivity contribution in [3.05, 3.63) is 40.7 Å². The number of likely N-dealkylation sites (tertiary alicyclic amines) is 1. The molecule has 5 rings (SSSR count). The van der Waals surface area contributed by atoms with Gasteiger partial charge in [-0.3, -0.25) is 4.68 Å². The van der Waals surface area contributed by atoms with Gasteiger partial charge in [0.15, 0.2) is 5.82 Å². The zero-order chi connectivity index (χ0) is 27.2. The minimum Gasteiger partial charge on any atom is -0.488 e. The van der Waals surface area contributed by atoms with Gasteiger partial charge in [0.25, 0.3) is 0 Å². The van der Waals surface area contributed by atoms with E-state index in [1.54, 1.807) is 27.1 Å². The van der Waals surface area contributed by atoms with E-state index in [1.807, 2.05) is 6.07 Å². The SMILES string of the molecule is CC(C)S(=O)(=O)c1nn(C)cc1Nc1nc(Nc2ccc(C3CCN(C)CC3)c3c2O[C@H](C)C3)ncc1Cl. The number of fused-ring (bicyclic) bond motifs is 1. The minimum atomic E-state index is -3.62. The predicted molar refractivity (Wildman–Crippen MR) is 149 cm³/mol. The van der Waals surface area contributed by atoms with E-state index in [-0.39, 0.29) is 22.0 Å². The monoisotopic (exact) mass is 559 g/mol. The number of rotatable bonds is 7. The number of anilines is 4. The van der Waals surface area contributed by atoms with Gasteiger partial charge in [0.05, 0.1) is 22.8 Å². The molecule has 0 amide bonds. The number of aryl methyl sites for hydroxylation is 1. The van der Waals surface area contributed by atoms with Gasteiger partial charge in [0, 0.05) is 25.2 Å². The summed E-state index contributed by atoms with van der Waals surface area (Å²) in [5.74, 6) is 1.96. The fraction of sp³-hybridized carbons (Fsp3) is 0.500. The fourth-order valence-electron chi connectivity index (χ4n) is 5.07. The topological polar surface area (TPSA) is 114 Å². The first-order valence-corrected chi connectivity index (χ1v) is 14.8. The minimum absolute atomic E-state index is 0.0520. The number of sulfone groups is 1. The molecule has 1 atom stereocenters. The molecule has 3 aromatic rings. The fourth-order valence-corrected chi connectivity index (χ4v) is 6.31. The average molecular weight is 560 g/mol. The summed E-state index contributed by atoms with van der Waals surface area (Å²) in [5, 5.41) is 10.1. The van der Waals surface area contributed by atoms with Gasteiger partial charge in [-0.05, 0) is 71.3 Å². The molecule has 2 N–H and O–H groups in total. The predicted octanol–water partition coefficient (Wildman–Crippen LogP) is 4.67. The standard InChI is InChI=1S/C26H34ClN7O3S/c1-15(2)38(35,36)25-22(14-34(5)32-25)29-24-20(27)13-28-26(31-24)30-21-7-6-18(17-8-10-33(4)11-9-17)19-12-16(3)37-23(19)21/h6-7,13-17H,8-12H2,1-5H3,(H2,28,29,30,31)/t16-/m1/s1. The molecule has 0 aliphatic carbocycles. The van der Waals surface area contributed by atoms with E-state index in [1.165, 1.54) is 22.0 Å². The van der Waals surface area contributed by atoms with Crippen LogP contribution < -0.4 is 15.4 Å². The highest BCUT2D eigenvalue weighted by Crippen LogP contribution is 2.44. The maximum absolute atomic E-state index is 12.8.